The Hall–Kier alpha value is -2.37. The summed E-state index contributed by atoms with van der Waals surface area (Å²) in [5.74, 6) is 0.220. The highest BCUT2D eigenvalue weighted by atomic mass is 16.5. The fourth-order valence-electron chi connectivity index (χ4n) is 2.48. The molecule has 0 amide bonds. The maximum atomic E-state index is 11.4. The van der Waals surface area contributed by atoms with Crippen molar-refractivity contribution >= 4 is 5.97 Å². The van der Waals surface area contributed by atoms with E-state index in [2.05, 4.69) is 40.8 Å². The van der Waals surface area contributed by atoms with Crippen molar-refractivity contribution in [3.05, 3.63) is 65.2 Å². The standard InChI is InChI=1S/C20H25NO4/c1-15-4-6-16(7-5-15)12-21(2)13-18(22)14-25-19-10-8-17(9-11-19)20(23)24-3/h4-11,18,22H,12-14H2,1-3H3. The minimum Gasteiger partial charge on any atom is -0.491 e. The van der Waals surface area contributed by atoms with E-state index in [1.807, 2.05) is 7.05 Å². The molecule has 0 aromatic heterocycles. The number of esters is 1. The van der Waals surface area contributed by atoms with Crippen LogP contribution < -0.4 is 4.74 Å². The fourth-order valence-corrected chi connectivity index (χ4v) is 2.48. The number of aliphatic hydroxyl groups is 1. The van der Waals surface area contributed by atoms with E-state index in [1.54, 1.807) is 24.3 Å². The molecule has 134 valence electrons. The van der Waals surface area contributed by atoms with Crippen molar-refractivity contribution < 1.29 is 19.4 Å². The van der Waals surface area contributed by atoms with Crippen LogP contribution in [0.15, 0.2) is 48.5 Å². The van der Waals surface area contributed by atoms with E-state index in [4.69, 9.17) is 4.74 Å². The first-order valence-corrected chi connectivity index (χ1v) is 8.21. The van der Waals surface area contributed by atoms with E-state index in [0.29, 0.717) is 17.9 Å². The minimum atomic E-state index is -0.601. The van der Waals surface area contributed by atoms with E-state index >= 15 is 0 Å². The molecule has 0 aliphatic carbocycles. The Kier molecular flexibility index (Phi) is 6.98. The van der Waals surface area contributed by atoms with E-state index in [9.17, 15) is 9.90 Å². The maximum Gasteiger partial charge on any atom is 0.337 e. The summed E-state index contributed by atoms with van der Waals surface area (Å²) in [4.78, 5) is 13.4. The van der Waals surface area contributed by atoms with Gasteiger partial charge in [-0.25, -0.2) is 4.79 Å². The first-order chi connectivity index (χ1) is 12.0. The summed E-state index contributed by atoms with van der Waals surface area (Å²) < 4.78 is 10.2. The molecule has 0 aliphatic heterocycles. The topological polar surface area (TPSA) is 59.0 Å². The number of carbonyl (C=O) groups is 1. The Bertz CT molecular complexity index is 667. The summed E-state index contributed by atoms with van der Waals surface area (Å²) in [5, 5.41) is 10.1. The predicted molar refractivity (Wildman–Crippen MR) is 96.8 cm³/mol. The number of methoxy groups -OCH3 is 1. The number of carbonyl (C=O) groups excluding carboxylic acids is 1. The molecule has 2 aromatic carbocycles. The van der Waals surface area contributed by atoms with Crippen LogP contribution in [0.1, 0.15) is 21.5 Å². The molecule has 0 heterocycles. The Balaban J connectivity index is 1.76. The highest BCUT2D eigenvalue weighted by Gasteiger charge is 2.10. The second kappa shape index (κ2) is 9.20. The van der Waals surface area contributed by atoms with Crippen molar-refractivity contribution in [3.8, 4) is 5.75 Å². The molecule has 5 nitrogen and oxygen atoms in total. The van der Waals surface area contributed by atoms with Crippen LogP contribution in [-0.4, -0.2) is 49.4 Å². The minimum absolute atomic E-state index is 0.190. The second-order valence-corrected chi connectivity index (χ2v) is 6.16. The Morgan fingerprint density at radius 3 is 2.36 bits per heavy atom. The summed E-state index contributed by atoms with van der Waals surface area (Å²) in [6.45, 7) is 3.53. The van der Waals surface area contributed by atoms with Gasteiger partial charge in [-0.15, -0.1) is 0 Å². The van der Waals surface area contributed by atoms with Crippen LogP contribution >= 0.6 is 0 Å². The predicted octanol–water partition coefficient (Wildman–Crippen LogP) is 2.65. The zero-order valence-electron chi connectivity index (χ0n) is 14.9. The Labute approximate surface area is 148 Å². The van der Waals surface area contributed by atoms with E-state index in [-0.39, 0.29) is 12.6 Å². The number of ether oxygens (including phenoxy) is 2. The third kappa shape index (κ3) is 6.21. The molecule has 2 rings (SSSR count). The molecule has 1 unspecified atom stereocenters. The van der Waals surface area contributed by atoms with Crippen LogP contribution in [0, 0.1) is 6.92 Å². The van der Waals surface area contributed by atoms with E-state index < -0.39 is 6.10 Å². The highest BCUT2D eigenvalue weighted by Crippen LogP contribution is 2.13. The molecule has 0 saturated heterocycles. The van der Waals surface area contributed by atoms with Gasteiger partial charge in [-0.3, -0.25) is 4.90 Å². The Morgan fingerprint density at radius 2 is 1.76 bits per heavy atom. The lowest BCUT2D eigenvalue weighted by atomic mass is 10.1. The molecule has 25 heavy (non-hydrogen) atoms. The van der Waals surface area contributed by atoms with Gasteiger partial charge in [0.1, 0.15) is 18.5 Å². The largest absolute Gasteiger partial charge is 0.491 e. The number of hydrogen-bond donors (Lipinski definition) is 1. The quantitative estimate of drug-likeness (QED) is 0.747. The summed E-state index contributed by atoms with van der Waals surface area (Å²) in [7, 11) is 3.31. The van der Waals surface area contributed by atoms with Crippen LogP contribution in [0.25, 0.3) is 0 Å². The van der Waals surface area contributed by atoms with Crippen LogP contribution in [0.4, 0.5) is 0 Å². The average Bonchev–Trinajstić information content (AvgIpc) is 2.61. The molecule has 1 atom stereocenters. The van der Waals surface area contributed by atoms with Crippen LogP contribution in [0.3, 0.4) is 0 Å². The fraction of sp³-hybridized carbons (Fsp3) is 0.350. The van der Waals surface area contributed by atoms with Gasteiger partial charge in [0.2, 0.25) is 0 Å². The number of rotatable bonds is 8. The Morgan fingerprint density at radius 1 is 1.12 bits per heavy atom. The zero-order valence-corrected chi connectivity index (χ0v) is 14.9. The molecule has 0 aliphatic rings. The smallest absolute Gasteiger partial charge is 0.337 e. The van der Waals surface area contributed by atoms with E-state index in [0.717, 1.165) is 6.54 Å². The summed E-state index contributed by atoms with van der Waals surface area (Å²) >= 11 is 0. The van der Waals surface area contributed by atoms with Crippen LogP contribution in [0.2, 0.25) is 0 Å². The molecule has 2 aromatic rings. The summed E-state index contributed by atoms with van der Waals surface area (Å²) in [5.41, 5.74) is 2.91. The van der Waals surface area contributed by atoms with Gasteiger partial charge in [-0.05, 0) is 43.8 Å². The van der Waals surface area contributed by atoms with Crippen molar-refractivity contribution in [3.63, 3.8) is 0 Å². The molecule has 5 heteroatoms. The molecule has 0 spiro atoms. The van der Waals surface area contributed by atoms with Gasteiger partial charge in [0, 0.05) is 13.1 Å². The number of aryl methyl sites for hydroxylation is 1. The normalized spacial score (nSPS) is 12.0. The first-order valence-electron chi connectivity index (χ1n) is 8.21. The van der Waals surface area contributed by atoms with Gasteiger partial charge in [0.15, 0.2) is 0 Å². The van der Waals surface area contributed by atoms with Crippen LogP contribution in [0.5, 0.6) is 5.75 Å². The van der Waals surface area contributed by atoms with Gasteiger partial charge < -0.3 is 14.6 Å². The van der Waals surface area contributed by atoms with Crippen molar-refractivity contribution in [1.29, 1.82) is 0 Å². The zero-order chi connectivity index (χ0) is 18.2. The number of benzene rings is 2. The van der Waals surface area contributed by atoms with Gasteiger partial charge in [-0.2, -0.15) is 0 Å². The van der Waals surface area contributed by atoms with Crippen LogP contribution in [-0.2, 0) is 11.3 Å². The van der Waals surface area contributed by atoms with Gasteiger partial charge in [0.25, 0.3) is 0 Å². The third-order valence-corrected chi connectivity index (χ3v) is 3.81. The molecule has 0 bridgehead atoms. The molecule has 0 saturated carbocycles. The highest BCUT2D eigenvalue weighted by molar-refractivity contribution is 5.89. The van der Waals surface area contributed by atoms with E-state index in [1.165, 1.54) is 18.2 Å². The average molecular weight is 343 g/mol. The summed E-state index contributed by atoms with van der Waals surface area (Å²) in [6, 6.07) is 15.0. The van der Waals surface area contributed by atoms with Gasteiger partial charge in [0.05, 0.1) is 12.7 Å². The molecule has 0 fully saturated rings. The lowest BCUT2D eigenvalue weighted by molar-refractivity contribution is 0.0600. The van der Waals surface area contributed by atoms with Crippen molar-refractivity contribution in [1.82, 2.24) is 4.90 Å². The maximum absolute atomic E-state index is 11.4. The molecule has 0 radical (unpaired) electrons. The molecule has 1 N–H and O–H groups in total. The number of nitrogens with zero attached hydrogens (tertiary/aromatic N) is 1. The monoisotopic (exact) mass is 343 g/mol. The third-order valence-electron chi connectivity index (χ3n) is 3.81. The van der Waals surface area contributed by atoms with Crippen molar-refractivity contribution in [2.24, 2.45) is 0 Å². The van der Waals surface area contributed by atoms with Gasteiger partial charge in [-0.1, -0.05) is 29.8 Å². The lowest BCUT2D eigenvalue weighted by Crippen LogP contribution is -2.32. The number of hydrogen-bond acceptors (Lipinski definition) is 5. The number of aliphatic hydroxyl groups excluding tert-OH is 1. The SMILES string of the molecule is COC(=O)c1ccc(OCC(O)CN(C)Cc2ccc(C)cc2)cc1. The lowest BCUT2D eigenvalue weighted by Gasteiger charge is -2.21. The van der Waals surface area contributed by atoms with Crippen molar-refractivity contribution in [2.75, 3.05) is 27.3 Å². The second-order valence-electron chi connectivity index (χ2n) is 6.16. The first kappa shape index (κ1) is 19.0. The van der Waals surface area contributed by atoms with Gasteiger partial charge >= 0.3 is 5.97 Å². The summed E-state index contributed by atoms with van der Waals surface area (Å²) in [6.07, 6.45) is -0.601. The molecular formula is C20H25NO4. The molecular weight excluding hydrogens is 318 g/mol. The van der Waals surface area contributed by atoms with Crippen molar-refractivity contribution in [2.45, 2.75) is 19.6 Å². The number of likely N-dealkylation sites (N-methyl/N-ethyl adjacent to an activating group) is 1.